The maximum absolute atomic E-state index is 9.18. The predicted octanol–water partition coefficient (Wildman–Crippen LogP) is 1.43. The van der Waals surface area contributed by atoms with Crippen LogP contribution in [0.1, 0.15) is 37.3 Å². The molecule has 1 aliphatic carbocycles. The van der Waals surface area contributed by atoms with Gasteiger partial charge in [0.25, 0.3) is 0 Å². The van der Waals surface area contributed by atoms with Crippen molar-refractivity contribution in [3.63, 3.8) is 0 Å². The van der Waals surface area contributed by atoms with Crippen LogP contribution in [0, 0.1) is 6.92 Å². The van der Waals surface area contributed by atoms with Gasteiger partial charge < -0.3 is 15.3 Å². The normalized spacial score (nSPS) is 19.6. The number of aliphatic hydroxyl groups is 1. The average molecular weight is 238 g/mol. The monoisotopic (exact) mass is 238 g/mol. The van der Waals surface area contributed by atoms with Crippen molar-refractivity contribution in [2.75, 3.05) is 13.2 Å². The Bertz CT molecular complexity index is 358. The van der Waals surface area contributed by atoms with Crippen LogP contribution in [0.25, 0.3) is 0 Å². The van der Waals surface area contributed by atoms with Gasteiger partial charge in [-0.3, -0.25) is 4.90 Å². The largest absolute Gasteiger partial charge is 0.465 e. The Labute approximate surface area is 102 Å². The van der Waals surface area contributed by atoms with Crippen molar-refractivity contribution in [1.29, 1.82) is 0 Å². The summed E-state index contributed by atoms with van der Waals surface area (Å²) in [6.45, 7) is 4.76. The van der Waals surface area contributed by atoms with Gasteiger partial charge in [-0.2, -0.15) is 0 Å². The van der Waals surface area contributed by atoms with Gasteiger partial charge in [0, 0.05) is 18.6 Å². The molecule has 1 heterocycles. The molecule has 4 nitrogen and oxygen atoms in total. The predicted molar refractivity (Wildman–Crippen MR) is 66.6 cm³/mol. The first kappa shape index (κ1) is 12.6. The number of hydrogen-bond acceptors (Lipinski definition) is 4. The first-order valence-electron chi connectivity index (χ1n) is 6.32. The van der Waals surface area contributed by atoms with Crippen molar-refractivity contribution in [2.45, 2.75) is 44.8 Å². The van der Waals surface area contributed by atoms with Crippen LogP contribution in [0.3, 0.4) is 0 Å². The lowest BCUT2D eigenvalue weighted by molar-refractivity contribution is 0.114. The summed E-state index contributed by atoms with van der Waals surface area (Å²) in [6, 6.07) is 4.59. The Morgan fingerprint density at radius 1 is 1.53 bits per heavy atom. The minimum atomic E-state index is -0.00676. The van der Waals surface area contributed by atoms with E-state index in [9.17, 15) is 5.11 Å². The summed E-state index contributed by atoms with van der Waals surface area (Å²) in [7, 11) is 0. The Morgan fingerprint density at radius 2 is 2.24 bits per heavy atom. The lowest BCUT2D eigenvalue weighted by atomic mass is 10.1. The van der Waals surface area contributed by atoms with Gasteiger partial charge in [-0.05, 0) is 38.8 Å². The molecular formula is C13H22N2O2. The number of furan rings is 1. The van der Waals surface area contributed by atoms with Gasteiger partial charge in [0.2, 0.25) is 0 Å². The number of aryl methyl sites for hydroxylation is 1. The van der Waals surface area contributed by atoms with Gasteiger partial charge in [0.1, 0.15) is 11.5 Å². The topological polar surface area (TPSA) is 62.6 Å². The fourth-order valence-electron chi connectivity index (χ4n) is 2.41. The molecule has 0 bridgehead atoms. The zero-order valence-corrected chi connectivity index (χ0v) is 10.6. The second-order valence-electron chi connectivity index (χ2n) is 4.94. The molecule has 0 aromatic carbocycles. The highest BCUT2D eigenvalue weighted by molar-refractivity contribution is 5.13. The molecule has 96 valence electrons. The van der Waals surface area contributed by atoms with E-state index in [1.165, 1.54) is 12.8 Å². The molecule has 0 spiro atoms. The van der Waals surface area contributed by atoms with Crippen LogP contribution in [0.15, 0.2) is 16.5 Å². The zero-order chi connectivity index (χ0) is 12.4. The molecule has 1 saturated carbocycles. The van der Waals surface area contributed by atoms with Crippen molar-refractivity contribution in [1.82, 2.24) is 4.90 Å². The summed E-state index contributed by atoms with van der Waals surface area (Å²) in [4.78, 5) is 2.28. The third-order valence-electron chi connectivity index (χ3n) is 3.28. The second-order valence-corrected chi connectivity index (χ2v) is 4.94. The lowest BCUT2D eigenvalue weighted by Crippen LogP contribution is -2.42. The quantitative estimate of drug-likeness (QED) is 0.787. The van der Waals surface area contributed by atoms with Crippen LogP contribution in [-0.2, 0) is 0 Å². The molecule has 0 aliphatic heterocycles. The Morgan fingerprint density at radius 3 is 2.65 bits per heavy atom. The van der Waals surface area contributed by atoms with Gasteiger partial charge >= 0.3 is 0 Å². The highest BCUT2D eigenvalue weighted by Crippen LogP contribution is 2.35. The molecule has 2 rings (SSSR count). The maximum Gasteiger partial charge on any atom is 0.122 e. The third-order valence-corrected chi connectivity index (χ3v) is 3.28. The minimum absolute atomic E-state index is 0.00676. The lowest BCUT2D eigenvalue weighted by Gasteiger charge is -2.32. The van der Waals surface area contributed by atoms with E-state index in [1.54, 1.807) is 0 Å². The number of rotatable bonds is 6. The van der Waals surface area contributed by atoms with Crippen molar-refractivity contribution in [2.24, 2.45) is 5.73 Å². The minimum Gasteiger partial charge on any atom is -0.465 e. The van der Waals surface area contributed by atoms with Gasteiger partial charge in [-0.15, -0.1) is 0 Å². The summed E-state index contributed by atoms with van der Waals surface area (Å²) < 4.78 is 5.71. The summed E-state index contributed by atoms with van der Waals surface area (Å²) >= 11 is 0. The van der Waals surface area contributed by atoms with Crippen LogP contribution in [0.2, 0.25) is 0 Å². The fraction of sp³-hybridized carbons (Fsp3) is 0.692. The average Bonchev–Trinajstić information content (AvgIpc) is 3.02. The van der Waals surface area contributed by atoms with E-state index >= 15 is 0 Å². The smallest absolute Gasteiger partial charge is 0.122 e. The SMILES string of the molecule is Cc1ccc(C(C(C)N)N(CCO)C2CC2)o1. The summed E-state index contributed by atoms with van der Waals surface area (Å²) in [6.07, 6.45) is 2.39. The molecule has 4 heteroatoms. The molecule has 0 saturated heterocycles. The third kappa shape index (κ3) is 2.89. The standard InChI is InChI=1S/C13H22N2O2/c1-9-3-6-12(17-9)13(10(2)14)15(7-8-16)11-4-5-11/h3,6,10-11,13,16H,4-5,7-8,14H2,1-2H3. The van der Waals surface area contributed by atoms with Crippen molar-refractivity contribution < 1.29 is 9.52 Å². The van der Waals surface area contributed by atoms with Crippen LogP contribution >= 0.6 is 0 Å². The highest BCUT2D eigenvalue weighted by Gasteiger charge is 2.37. The molecule has 17 heavy (non-hydrogen) atoms. The van der Waals surface area contributed by atoms with E-state index in [-0.39, 0.29) is 18.7 Å². The van der Waals surface area contributed by atoms with Crippen LogP contribution in [-0.4, -0.2) is 35.2 Å². The Kier molecular flexibility index (Phi) is 3.86. The van der Waals surface area contributed by atoms with E-state index < -0.39 is 0 Å². The highest BCUT2D eigenvalue weighted by atomic mass is 16.3. The van der Waals surface area contributed by atoms with E-state index in [4.69, 9.17) is 10.2 Å². The molecule has 1 fully saturated rings. The maximum atomic E-state index is 9.18. The Hall–Kier alpha value is -0.840. The molecule has 1 aliphatic rings. The fourth-order valence-corrected chi connectivity index (χ4v) is 2.41. The molecule has 2 unspecified atom stereocenters. The number of aliphatic hydroxyl groups excluding tert-OH is 1. The molecular weight excluding hydrogens is 216 g/mol. The molecule has 1 aromatic heterocycles. The molecule has 3 N–H and O–H groups in total. The summed E-state index contributed by atoms with van der Waals surface area (Å²) in [5, 5.41) is 9.18. The number of nitrogens with zero attached hydrogens (tertiary/aromatic N) is 1. The van der Waals surface area contributed by atoms with E-state index in [0.717, 1.165) is 11.5 Å². The number of nitrogens with two attached hydrogens (primary N) is 1. The summed E-state index contributed by atoms with van der Waals surface area (Å²) in [5.41, 5.74) is 6.09. The number of hydrogen-bond donors (Lipinski definition) is 2. The first-order valence-corrected chi connectivity index (χ1v) is 6.32. The first-order chi connectivity index (χ1) is 8.13. The van der Waals surface area contributed by atoms with E-state index in [1.807, 2.05) is 26.0 Å². The van der Waals surface area contributed by atoms with Crippen molar-refractivity contribution >= 4 is 0 Å². The van der Waals surface area contributed by atoms with Gasteiger partial charge in [-0.25, -0.2) is 0 Å². The van der Waals surface area contributed by atoms with Crippen molar-refractivity contribution in [3.8, 4) is 0 Å². The van der Waals surface area contributed by atoms with E-state index in [2.05, 4.69) is 4.90 Å². The van der Waals surface area contributed by atoms with Crippen LogP contribution in [0.4, 0.5) is 0 Å². The van der Waals surface area contributed by atoms with Crippen LogP contribution < -0.4 is 5.73 Å². The van der Waals surface area contributed by atoms with Gasteiger partial charge in [-0.1, -0.05) is 0 Å². The molecule has 1 aromatic rings. The van der Waals surface area contributed by atoms with Crippen molar-refractivity contribution in [3.05, 3.63) is 23.7 Å². The molecule has 0 radical (unpaired) electrons. The van der Waals surface area contributed by atoms with Gasteiger partial charge in [0.15, 0.2) is 0 Å². The summed E-state index contributed by atoms with van der Waals surface area (Å²) in [5.74, 6) is 1.82. The molecule has 2 atom stereocenters. The second kappa shape index (κ2) is 5.21. The van der Waals surface area contributed by atoms with Gasteiger partial charge in [0.05, 0.1) is 12.6 Å². The zero-order valence-electron chi connectivity index (χ0n) is 10.6. The van der Waals surface area contributed by atoms with Crippen LogP contribution in [0.5, 0.6) is 0 Å². The molecule has 0 amide bonds. The van der Waals surface area contributed by atoms with E-state index in [0.29, 0.717) is 12.6 Å². The Balaban J connectivity index is 2.20.